The number of ether oxygens (including phenoxy) is 1. The van der Waals surface area contributed by atoms with Gasteiger partial charge in [-0.05, 0) is 25.7 Å². The monoisotopic (exact) mass is 250 g/mol. The molecule has 0 spiro atoms. The fraction of sp³-hybridized carbons (Fsp3) is 0.692. The van der Waals surface area contributed by atoms with Crippen LogP contribution in [-0.2, 0) is 0 Å². The predicted molar refractivity (Wildman–Crippen MR) is 71.9 cm³/mol. The Kier molecular flexibility index (Phi) is 4.01. The van der Waals surface area contributed by atoms with E-state index in [4.69, 9.17) is 10.5 Å². The summed E-state index contributed by atoms with van der Waals surface area (Å²) in [5.74, 6) is 2.89. The maximum absolute atomic E-state index is 5.91. The lowest BCUT2D eigenvalue weighted by Crippen LogP contribution is -2.49. The van der Waals surface area contributed by atoms with Crippen LogP contribution in [0, 0.1) is 12.8 Å². The van der Waals surface area contributed by atoms with E-state index in [9.17, 15) is 0 Å². The molecule has 0 aliphatic carbocycles. The Hall–Kier alpha value is -1.36. The third-order valence-corrected chi connectivity index (χ3v) is 3.66. The van der Waals surface area contributed by atoms with Crippen LogP contribution in [0.15, 0.2) is 6.07 Å². The second-order valence-corrected chi connectivity index (χ2v) is 4.93. The summed E-state index contributed by atoms with van der Waals surface area (Å²) in [5, 5.41) is 0. The third kappa shape index (κ3) is 2.56. The van der Waals surface area contributed by atoms with Gasteiger partial charge in [0.25, 0.3) is 0 Å². The number of aryl methyl sites for hydroxylation is 1. The van der Waals surface area contributed by atoms with Gasteiger partial charge in [0.2, 0.25) is 5.88 Å². The topological polar surface area (TPSA) is 64.3 Å². The average molecular weight is 250 g/mol. The zero-order chi connectivity index (χ0) is 13.1. The second kappa shape index (κ2) is 5.52. The van der Waals surface area contributed by atoms with Crippen LogP contribution >= 0.6 is 0 Å². The molecule has 1 aromatic rings. The highest BCUT2D eigenvalue weighted by atomic mass is 16.5. The molecule has 100 valence electrons. The lowest BCUT2D eigenvalue weighted by atomic mass is 9.91. The van der Waals surface area contributed by atoms with Crippen LogP contribution in [0.2, 0.25) is 0 Å². The number of aromatic nitrogens is 2. The van der Waals surface area contributed by atoms with E-state index in [1.807, 2.05) is 13.0 Å². The van der Waals surface area contributed by atoms with Crippen molar-refractivity contribution in [2.75, 3.05) is 25.1 Å². The van der Waals surface area contributed by atoms with Crippen LogP contribution < -0.4 is 15.4 Å². The molecule has 2 unspecified atom stereocenters. The number of nitrogens with two attached hydrogens (primary N) is 1. The first-order chi connectivity index (χ1) is 8.65. The molecule has 5 nitrogen and oxygen atoms in total. The number of hydrogen-bond donors (Lipinski definition) is 1. The summed E-state index contributed by atoms with van der Waals surface area (Å²) in [5.41, 5.74) is 5.91. The Morgan fingerprint density at radius 2 is 2.28 bits per heavy atom. The van der Waals surface area contributed by atoms with Crippen molar-refractivity contribution >= 4 is 5.82 Å². The summed E-state index contributed by atoms with van der Waals surface area (Å²) in [6.07, 6.45) is 2.42. The molecule has 2 N–H and O–H groups in total. The first-order valence-electron chi connectivity index (χ1n) is 6.52. The molecule has 2 heterocycles. The Labute approximate surface area is 108 Å². The van der Waals surface area contributed by atoms with Crippen molar-refractivity contribution in [3.63, 3.8) is 0 Å². The molecular formula is C13H22N4O. The highest BCUT2D eigenvalue weighted by Gasteiger charge is 2.28. The highest BCUT2D eigenvalue weighted by molar-refractivity contribution is 5.43. The van der Waals surface area contributed by atoms with Crippen LogP contribution in [-0.4, -0.2) is 36.2 Å². The Morgan fingerprint density at radius 3 is 2.94 bits per heavy atom. The van der Waals surface area contributed by atoms with Gasteiger partial charge in [-0.2, -0.15) is 4.98 Å². The maximum atomic E-state index is 5.91. The van der Waals surface area contributed by atoms with Crippen molar-refractivity contribution < 1.29 is 4.74 Å². The van der Waals surface area contributed by atoms with Crippen LogP contribution in [0.1, 0.15) is 25.6 Å². The number of piperidine rings is 1. The summed E-state index contributed by atoms with van der Waals surface area (Å²) in [6, 6.07) is 2.26. The van der Waals surface area contributed by atoms with Gasteiger partial charge >= 0.3 is 0 Å². The summed E-state index contributed by atoms with van der Waals surface area (Å²) in [7, 11) is 1.63. The number of anilines is 1. The minimum atomic E-state index is 0.359. The second-order valence-electron chi connectivity index (χ2n) is 4.93. The molecule has 5 heteroatoms. The van der Waals surface area contributed by atoms with E-state index >= 15 is 0 Å². The largest absolute Gasteiger partial charge is 0.481 e. The van der Waals surface area contributed by atoms with Crippen molar-refractivity contribution in [3.8, 4) is 5.88 Å². The van der Waals surface area contributed by atoms with E-state index in [0.29, 0.717) is 24.4 Å². The maximum Gasteiger partial charge on any atom is 0.218 e. The molecule has 1 aliphatic rings. The highest BCUT2D eigenvalue weighted by Crippen LogP contribution is 2.28. The summed E-state index contributed by atoms with van der Waals surface area (Å²) >= 11 is 0. The van der Waals surface area contributed by atoms with Gasteiger partial charge in [0.05, 0.1) is 7.11 Å². The molecular weight excluding hydrogens is 228 g/mol. The predicted octanol–water partition coefficient (Wildman–Crippen LogP) is 1.36. The van der Waals surface area contributed by atoms with E-state index in [1.54, 1.807) is 7.11 Å². The van der Waals surface area contributed by atoms with Gasteiger partial charge in [-0.15, -0.1) is 0 Å². The minimum Gasteiger partial charge on any atom is -0.481 e. The van der Waals surface area contributed by atoms with Gasteiger partial charge in [0, 0.05) is 25.2 Å². The van der Waals surface area contributed by atoms with Gasteiger partial charge in [0.15, 0.2) is 0 Å². The summed E-state index contributed by atoms with van der Waals surface area (Å²) < 4.78 is 5.21. The molecule has 0 amide bonds. The fourth-order valence-corrected chi connectivity index (χ4v) is 2.67. The molecule has 18 heavy (non-hydrogen) atoms. The number of nitrogens with zero attached hydrogens (tertiary/aromatic N) is 3. The van der Waals surface area contributed by atoms with Crippen LogP contribution in [0.25, 0.3) is 0 Å². The smallest absolute Gasteiger partial charge is 0.218 e. The van der Waals surface area contributed by atoms with Crippen molar-refractivity contribution in [2.24, 2.45) is 11.7 Å². The third-order valence-electron chi connectivity index (χ3n) is 3.66. The van der Waals surface area contributed by atoms with Crippen LogP contribution in [0.3, 0.4) is 0 Å². The normalized spacial score (nSPS) is 24.1. The van der Waals surface area contributed by atoms with Gasteiger partial charge in [-0.1, -0.05) is 6.92 Å². The van der Waals surface area contributed by atoms with Crippen molar-refractivity contribution in [1.29, 1.82) is 0 Å². The SMILES string of the molecule is COc1cc(N2CCCC(C)C2CN)nc(C)n1. The zero-order valence-corrected chi connectivity index (χ0v) is 11.4. The first kappa shape index (κ1) is 13.1. The lowest BCUT2D eigenvalue weighted by molar-refractivity contribution is 0.346. The summed E-state index contributed by atoms with van der Waals surface area (Å²) in [6.45, 7) is 5.81. The van der Waals surface area contributed by atoms with E-state index in [-0.39, 0.29) is 0 Å². The molecule has 1 saturated heterocycles. The van der Waals surface area contributed by atoms with Crippen molar-refractivity contribution in [2.45, 2.75) is 32.7 Å². The number of rotatable bonds is 3. The van der Waals surface area contributed by atoms with Gasteiger partial charge in [-0.3, -0.25) is 0 Å². The molecule has 1 aromatic heterocycles. The number of hydrogen-bond acceptors (Lipinski definition) is 5. The molecule has 0 saturated carbocycles. The summed E-state index contributed by atoms with van der Waals surface area (Å²) in [4.78, 5) is 11.0. The van der Waals surface area contributed by atoms with Gasteiger partial charge in [-0.25, -0.2) is 4.98 Å². The fourth-order valence-electron chi connectivity index (χ4n) is 2.67. The molecule has 2 atom stereocenters. The van der Waals surface area contributed by atoms with Crippen LogP contribution in [0.5, 0.6) is 5.88 Å². The number of methoxy groups -OCH3 is 1. The van der Waals surface area contributed by atoms with Gasteiger partial charge in [0.1, 0.15) is 11.6 Å². The van der Waals surface area contributed by atoms with Gasteiger partial charge < -0.3 is 15.4 Å². The quantitative estimate of drug-likeness (QED) is 0.877. The average Bonchev–Trinajstić information content (AvgIpc) is 2.37. The Morgan fingerprint density at radius 1 is 1.50 bits per heavy atom. The van der Waals surface area contributed by atoms with Crippen molar-refractivity contribution in [1.82, 2.24) is 9.97 Å². The van der Waals surface area contributed by atoms with Crippen molar-refractivity contribution in [3.05, 3.63) is 11.9 Å². The lowest BCUT2D eigenvalue weighted by Gasteiger charge is -2.40. The molecule has 1 fully saturated rings. The Bertz CT molecular complexity index is 410. The van der Waals surface area contributed by atoms with E-state index in [2.05, 4.69) is 21.8 Å². The standard InChI is InChI=1S/C13H22N4O/c1-9-5-4-6-17(11(9)8-14)12-7-13(18-3)16-10(2)15-12/h7,9,11H,4-6,8,14H2,1-3H3. The van der Waals surface area contributed by atoms with E-state index < -0.39 is 0 Å². The van der Waals surface area contributed by atoms with Crippen LogP contribution in [0.4, 0.5) is 5.82 Å². The molecule has 2 rings (SSSR count). The molecule has 0 bridgehead atoms. The van der Waals surface area contributed by atoms with E-state index in [1.165, 1.54) is 12.8 Å². The first-order valence-corrected chi connectivity index (χ1v) is 6.52. The Balaban J connectivity index is 2.31. The molecule has 1 aliphatic heterocycles. The molecule has 0 aromatic carbocycles. The minimum absolute atomic E-state index is 0.359. The zero-order valence-electron chi connectivity index (χ0n) is 11.4. The van der Waals surface area contributed by atoms with E-state index in [0.717, 1.165) is 18.2 Å². The molecule has 0 radical (unpaired) electrons.